The van der Waals surface area contributed by atoms with Crippen LogP contribution in [0.2, 0.25) is 5.02 Å². The average Bonchev–Trinajstić information content (AvgIpc) is 3.44. The van der Waals surface area contributed by atoms with E-state index in [1.54, 1.807) is 18.3 Å². The predicted molar refractivity (Wildman–Crippen MR) is 141 cm³/mol. The van der Waals surface area contributed by atoms with E-state index in [1.165, 1.54) is 22.2 Å². The lowest BCUT2D eigenvalue weighted by Crippen LogP contribution is -2.30. The number of aryl methyl sites for hydroxylation is 1. The summed E-state index contributed by atoms with van der Waals surface area (Å²) in [6.07, 6.45) is 3.35. The number of hydrogen-bond acceptors (Lipinski definition) is 8. The van der Waals surface area contributed by atoms with Crippen molar-refractivity contribution in [1.29, 1.82) is 0 Å². The van der Waals surface area contributed by atoms with E-state index in [0.717, 1.165) is 35.2 Å². The third kappa shape index (κ3) is 4.34. The molecule has 2 unspecified atom stereocenters. The first kappa shape index (κ1) is 23.4. The lowest BCUT2D eigenvalue weighted by Gasteiger charge is -2.16. The Bertz CT molecular complexity index is 1640. The number of fused-ring (bicyclic) bond motifs is 4. The molecule has 5 aromatic rings. The predicted octanol–water partition coefficient (Wildman–Crippen LogP) is 3.66. The SMILES string of the molecule is CC1NNC(C)C1CCc1nc2c3ccccc3nc(SCc3cc(=O)n4cc(Cl)ccc4n3)n2n1. The van der Waals surface area contributed by atoms with Crippen molar-refractivity contribution in [3.05, 3.63) is 75.6 Å². The van der Waals surface area contributed by atoms with Crippen molar-refractivity contribution in [2.24, 2.45) is 5.92 Å². The molecule has 1 saturated heterocycles. The number of halogens is 1. The first-order valence-electron chi connectivity index (χ1n) is 11.9. The van der Waals surface area contributed by atoms with Crippen LogP contribution < -0.4 is 16.4 Å². The second kappa shape index (κ2) is 9.44. The zero-order valence-corrected chi connectivity index (χ0v) is 21.4. The maximum atomic E-state index is 12.6. The Morgan fingerprint density at radius 3 is 2.69 bits per heavy atom. The fourth-order valence-corrected chi connectivity index (χ4v) is 5.81. The number of thioether (sulfide) groups is 1. The summed E-state index contributed by atoms with van der Waals surface area (Å²) in [7, 11) is 0. The zero-order chi connectivity index (χ0) is 24.8. The molecule has 184 valence electrons. The number of benzene rings is 1. The van der Waals surface area contributed by atoms with Crippen LogP contribution in [0.4, 0.5) is 0 Å². The van der Waals surface area contributed by atoms with Crippen LogP contribution in [-0.2, 0) is 12.2 Å². The van der Waals surface area contributed by atoms with Gasteiger partial charge in [0.25, 0.3) is 5.56 Å². The fourth-order valence-electron chi connectivity index (χ4n) is 4.82. The standard InChI is InChI=1S/C25H25ClN8OS/c1-14-18(15(2)31-30-14)8-9-21-29-24-19-5-3-4-6-20(19)28-25(34(24)32-21)36-13-17-11-23(35)33-12-16(26)7-10-22(33)27-17/h3-7,10-12,14-15,18,30-31H,8-9,13H2,1-2H3. The van der Waals surface area contributed by atoms with Gasteiger partial charge < -0.3 is 0 Å². The van der Waals surface area contributed by atoms with Crippen molar-refractivity contribution in [3.63, 3.8) is 0 Å². The quantitative estimate of drug-likeness (QED) is 0.258. The Morgan fingerprint density at radius 1 is 1.06 bits per heavy atom. The van der Waals surface area contributed by atoms with Gasteiger partial charge in [0.05, 0.1) is 16.2 Å². The number of rotatable bonds is 6. The van der Waals surface area contributed by atoms with Gasteiger partial charge in [-0.25, -0.2) is 15.0 Å². The highest BCUT2D eigenvalue weighted by Crippen LogP contribution is 2.27. The highest BCUT2D eigenvalue weighted by atomic mass is 35.5. The van der Waals surface area contributed by atoms with Crippen molar-refractivity contribution in [2.45, 2.75) is 49.7 Å². The topological polar surface area (TPSA) is 102 Å². The minimum Gasteiger partial charge on any atom is -0.269 e. The van der Waals surface area contributed by atoms with Gasteiger partial charge in [-0.2, -0.15) is 4.52 Å². The number of para-hydroxylation sites is 1. The third-order valence-electron chi connectivity index (χ3n) is 6.74. The van der Waals surface area contributed by atoms with Gasteiger partial charge in [-0.05, 0) is 50.5 Å². The molecule has 5 heterocycles. The molecule has 0 amide bonds. The van der Waals surface area contributed by atoms with Crippen LogP contribution in [0.25, 0.3) is 22.2 Å². The highest BCUT2D eigenvalue weighted by Gasteiger charge is 2.29. The zero-order valence-electron chi connectivity index (χ0n) is 19.8. The number of pyridine rings is 1. The van der Waals surface area contributed by atoms with Crippen LogP contribution in [0, 0.1) is 5.92 Å². The van der Waals surface area contributed by atoms with Gasteiger partial charge in [0.15, 0.2) is 16.6 Å². The van der Waals surface area contributed by atoms with Crippen LogP contribution in [-0.4, -0.2) is 41.1 Å². The van der Waals surface area contributed by atoms with Crippen LogP contribution in [0.15, 0.2) is 58.6 Å². The molecule has 1 aliphatic rings. The summed E-state index contributed by atoms with van der Waals surface area (Å²) in [6.45, 7) is 4.40. The van der Waals surface area contributed by atoms with Gasteiger partial charge in [-0.3, -0.25) is 20.0 Å². The van der Waals surface area contributed by atoms with Crippen molar-refractivity contribution < 1.29 is 0 Å². The van der Waals surface area contributed by atoms with Crippen molar-refractivity contribution >= 4 is 45.6 Å². The molecule has 36 heavy (non-hydrogen) atoms. The normalized spacial score (nSPS) is 20.1. The Balaban J connectivity index is 1.32. The first-order valence-corrected chi connectivity index (χ1v) is 13.3. The Kier molecular flexibility index (Phi) is 6.12. The molecular formula is C25H25ClN8OS. The molecule has 1 aromatic carbocycles. The van der Waals surface area contributed by atoms with Gasteiger partial charge in [0.1, 0.15) is 5.65 Å². The molecule has 0 spiro atoms. The van der Waals surface area contributed by atoms with Gasteiger partial charge in [0.2, 0.25) is 0 Å². The smallest absolute Gasteiger partial charge is 0.258 e. The molecule has 2 atom stereocenters. The van der Waals surface area contributed by atoms with Crippen LogP contribution in [0.1, 0.15) is 31.8 Å². The molecule has 6 rings (SSSR count). The number of aromatic nitrogens is 6. The monoisotopic (exact) mass is 520 g/mol. The van der Waals surface area contributed by atoms with E-state index in [0.29, 0.717) is 45.3 Å². The molecule has 11 heteroatoms. The summed E-state index contributed by atoms with van der Waals surface area (Å²) in [5, 5.41) is 7.01. The average molecular weight is 521 g/mol. The summed E-state index contributed by atoms with van der Waals surface area (Å²) >= 11 is 7.52. The second-order valence-corrected chi connectivity index (χ2v) is 10.6. The second-order valence-electron chi connectivity index (χ2n) is 9.19. The first-order chi connectivity index (χ1) is 17.5. The molecule has 1 fully saturated rings. The molecule has 2 N–H and O–H groups in total. The minimum absolute atomic E-state index is 0.169. The summed E-state index contributed by atoms with van der Waals surface area (Å²) in [5.41, 5.74) is 9.35. The summed E-state index contributed by atoms with van der Waals surface area (Å²) in [4.78, 5) is 27.0. The van der Waals surface area contributed by atoms with Crippen LogP contribution >= 0.6 is 23.4 Å². The number of nitrogens with one attached hydrogen (secondary N) is 2. The Hall–Kier alpha value is -3.05. The van der Waals surface area contributed by atoms with Crippen molar-refractivity contribution in [1.82, 2.24) is 39.8 Å². The lowest BCUT2D eigenvalue weighted by molar-refractivity contribution is 0.410. The molecule has 0 saturated carbocycles. The summed E-state index contributed by atoms with van der Waals surface area (Å²) < 4.78 is 3.28. The number of hydrogen-bond donors (Lipinski definition) is 2. The molecule has 4 aromatic heterocycles. The lowest BCUT2D eigenvalue weighted by atomic mass is 9.91. The highest BCUT2D eigenvalue weighted by molar-refractivity contribution is 7.98. The van der Waals surface area contributed by atoms with Gasteiger partial charge in [0, 0.05) is 41.9 Å². The van der Waals surface area contributed by atoms with E-state index in [2.05, 4.69) is 29.7 Å². The summed E-state index contributed by atoms with van der Waals surface area (Å²) in [6, 6.07) is 13.8. The van der Waals surface area contributed by atoms with E-state index < -0.39 is 0 Å². The molecule has 0 bridgehead atoms. The molecule has 0 aliphatic carbocycles. The molecular weight excluding hydrogens is 496 g/mol. The van der Waals surface area contributed by atoms with E-state index in [-0.39, 0.29) is 5.56 Å². The number of nitrogens with zero attached hydrogens (tertiary/aromatic N) is 6. The van der Waals surface area contributed by atoms with E-state index in [9.17, 15) is 4.79 Å². The van der Waals surface area contributed by atoms with E-state index in [1.807, 2.05) is 28.8 Å². The largest absolute Gasteiger partial charge is 0.269 e. The summed E-state index contributed by atoms with van der Waals surface area (Å²) in [5.74, 6) is 1.78. The minimum atomic E-state index is -0.169. The van der Waals surface area contributed by atoms with Gasteiger partial charge >= 0.3 is 0 Å². The maximum Gasteiger partial charge on any atom is 0.258 e. The molecule has 1 aliphatic heterocycles. The van der Waals surface area contributed by atoms with Gasteiger partial charge in [-0.15, -0.1) is 5.10 Å². The van der Waals surface area contributed by atoms with Crippen LogP contribution in [0.3, 0.4) is 0 Å². The Morgan fingerprint density at radius 2 is 1.86 bits per heavy atom. The van der Waals surface area contributed by atoms with Gasteiger partial charge in [-0.1, -0.05) is 35.5 Å². The molecule has 0 radical (unpaired) electrons. The fraction of sp³-hybridized carbons (Fsp3) is 0.320. The maximum absolute atomic E-state index is 12.6. The number of hydrazine groups is 1. The third-order valence-corrected chi connectivity index (χ3v) is 7.93. The van der Waals surface area contributed by atoms with Crippen molar-refractivity contribution in [3.8, 4) is 0 Å². The van der Waals surface area contributed by atoms with Crippen molar-refractivity contribution in [2.75, 3.05) is 0 Å². The Labute approximate surface area is 216 Å². The van der Waals surface area contributed by atoms with E-state index >= 15 is 0 Å². The molecule has 9 nitrogen and oxygen atoms in total. The van der Waals surface area contributed by atoms with Crippen LogP contribution in [0.5, 0.6) is 0 Å². The van der Waals surface area contributed by atoms with E-state index in [4.69, 9.17) is 26.7 Å².